The van der Waals surface area contributed by atoms with Crippen LogP contribution >= 0.6 is 11.6 Å². The Morgan fingerprint density at radius 3 is 2.31 bits per heavy atom. The molecule has 0 aromatic heterocycles. The topological polar surface area (TPSA) is 145 Å². The number of amides is 1. The Hall–Kier alpha value is -4.06. The van der Waals surface area contributed by atoms with Crippen LogP contribution in [0.25, 0.3) is 6.08 Å². The second-order valence-electron chi connectivity index (χ2n) is 7.27. The van der Waals surface area contributed by atoms with Gasteiger partial charge in [0.2, 0.25) is 16.1 Å². The molecule has 3 rings (SSSR count). The molecular weight excluding hydrogens is 510 g/mol. The second-order valence-corrected chi connectivity index (χ2v) is 9.33. The van der Waals surface area contributed by atoms with Crippen LogP contribution in [0.5, 0.6) is 0 Å². The van der Waals surface area contributed by atoms with Crippen molar-refractivity contribution in [3.05, 3.63) is 111 Å². The average Bonchev–Trinajstić information content (AvgIpc) is 2.87. The Morgan fingerprint density at radius 2 is 1.67 bits per heavy atom. The number of nitrogens with one attached hydrogen (secondary N) is 2. The number of ether oxygens (including phenoxy) is 1. The van der Waals surface area contributed by atoms with E-state index in [0.717, 1.165) is 11.5 Å². The first-order valence-electron chi connectivity index (χ1n) is 10.4. The first-order chi connectivity index (χ1) is 17.1. The highest BCUT2D eigenvalue weighted by atomic mass is 35.5. The van der Waals surface area contributed by atoms with E-state index in [1.165, 1.54) is 30.3 Å². The van der Waals surface area contributed by atoms with Gasteiger partial charge in [0.25, 0.3) is 11.6 Å². The molecule has 3 aromatic carbocycles. The van der Waals surface area contributed by atoms with E-state index < -0.39 is 45.2 Å². The Labute approximate surface area is 211 Å². The number of esters is 1. The fourth-order valence-corrected chi connectivity index (χ4v) is 3.89. The second kappa shape index (κ2) is 12.1. The van der Waals surface area contributed by atoms with E-state index in [0.29, 0.717) is 11.1 Å². The number of hydrogen-bond donors (Lipinski definition) is 2. The van der Waals surface area contributed by atoms with Crippen LogP contribution in [-0.4, -0.2) is 31.8 Å². The smallest absolute Gasteiger partial charge is 0.322 e. The minimum Gasteiger partial charge on any atom is -0.446 e. The molecule has 10 nitrogen and oxygen atoms in total. The van der Waals surface area contributed by atoms with Crippen LogP contribution < -0.4 is 10.0 Å². The Balaban J connectivity index is 1.70. The lowest BCUT2D eigenvalue weighted by Crippen LogP contribution is -2.32. The first kappa shape index (κ1) is 26.5. The molecule has 0 aliphatic carbocycles. The van der Waals surface area contributed by atoms with Crippen LogP contribution in [0.3, 0.4) is 0 Å². The highest BCUT2D eigenvalue weighted by Gasteiger charge is 2.26. The fourth-order valence-electron chi connectivity index (χ4n) is 2.95. The van der Waals surface area contributed by atoms with Crippen molar-refractivity contribution in [1.82, 2.24) is 4.72 Å². The van der Waals surface area contributed by atoms with Crippen molar-refractivity contribution in [2.45, 2.75) is 6.10 Å². The molecule has 0 unspecified atom stereocenters. The molecule has 12 heteroatoms. The Morgan fingerprint density at radius 1 is 1.03 bits per heavy atom. The summed E-state index contributed by atoms with van der Waals surface area (Å²) in [4.78, 5) is 35.8. The van der Waals surface area contributed by atoms with E-state index in [4.69, 9.17) is 16.3 Å². The van der Waals surface area contributed by atoms with Gasteiger partial charge in [0.05, 0.1) is 4.92 Å². The largest absolute Gasteiger partial charge is 0.446 e. The van der Waals surface area contributed by atoms with Gasteiger partial charge in [0, 0.05) is 22.7 Å². The van der Waals surface area contributed by atoms with Crippen LogP contribution in [0, 0.1) is 10.1 Å². The van der Waals surface area contributed by atoms with Gasteiger partial charge in [-0.1, -0.05) is 72.3 Å². The lowest BCUT2D eigenvalue weighted by molar-refractivity contribution is -0.384. The molecule has 1 amide bonds. The van der Waals surface area contributed by atoms with E-state index >= 15 is 0 Å². The monoisotopic (exact) mass is 529 g/mol. The highest BCUT2D eigenvalue weighted by Crippen LogP contribution is 2.28. The number of nitro benzene ring substituents is 1. The van der Waals surface area contributed by atoms with Gasteiger partial charge in [-0.05, 0) is 23.8 Å². The van der Waals surface area contributed by atoms with Gasteiger partial charge in [-0.3, -0.25) is 19.7 Å². The van der Waals surface area contributed by atoms with Gasteiger partial charge < -0.3 is 10.1 Å². The van der Waals surface area contributed by atoms with Gasteiger partial charge >= 0.3 is 5.97 Å². The molecule has 0 heterocycles. The van der Waals surface area contributed by atoms with Crippen molar-refractivity contribution in [3.63, 3.8) is 0 Å². The molecule has 0 aliphatic heterocycles. The lowest BCUT2D eigenvalue weighted by atomic mass is 10.1. The zero-order valence-electron chi connectivity index (χ0n) is 18.5. The molecule has 0 fully saturated rings. The summed E-state index contributed by atoms with van der Waals surface area (Å²) in [5, 5.41) is 14.4. The summed E-state index contributed by atoms with van der Waals surface area (Å²) in [6.07, 6.45) is -0.100. The van der Waals surface area contributed by atoms with Crippen LogP contribution in [0.1, 0.15) is 17.2 Å². The van der Waals surface area contributed by atoms with Crippen LogP contribution in [0.4, 0.5) is 11.4 Å². The minimum absolute atomic E-state index is 0.0554. The van der Waals surface area contributed by atoms with E-state index in [9.17, 15) is 28.1 Å². The minimum atomic E-state index is -3.97. The summed E-state index contributed by atoms with van der Waals surface area (Å²) in [5.41, 5.74) is 0.591. The summed E-state index contributed by atoms with van der Waals surface area (Å²) < 4.78 is 31.8. The summed E-state index contributed by atoms with van der Waals surface area (Å²) >= 11 is 5.80. The van der Waals surface area contributed by atoms with Gasteiger partial charge in [-0.15, -0.1) is 0 Å². The molecule has 0 saturated heterocycles. The zero-order chi connectivity index (χ0) is 26.1. The third-order valence-electron chi connectivity index (χ3n) is 4.66. The Kier molecular flexibility index (Phi) is 8.90. The van der Waals surface area contributed by atoms with Gasteiger partial charge in [-0.2, -0.15) is 0 Å². The summed E-state index contributed by atoms with van der Waals surface area (Å²) in [6.45, 7) is -0.732. The lowest BCUT2D eigenvalue weighted by Gasteiger charge is -2.18. The van der Waals surface area contributed by atoms with E-state index in [-0.39, 0.29) is 10.7 Å². The molecule has 3 aromatic rings. The maximum absolute atomic E-state index is 12.9. The fraction of sp³-hybridized carbons (Fsp3) is 0.0833. The quantitative estimate of drug-likeness (QED) is 0.229. The summed E-state index contributed by atoms with van der Waals surface area (Å²) in [5.74, 6) is -1.82. The molecular formula is C24H20ClN3O7S. The zero-order valence-corrected chi connectivity index (χ0v) is 20.1. The molecule has 0 saturated carbocycles. The van der Waals surface area contributed by atoms with Crippen molar-refractivity contribution in [1.29, 1.82) is 0 Å². The van der Waals surface area contributed by atoms with Crippen molar-refractivity contribution < 1.29 is 27.7 Å². The number of benzene rings is 3. The number of halogens is 1. The van der Waals surface area contributed by atoms with E-state index in [1.807, 2.05) is 0 Å². The molecule has 1 atom stereocenters. The van der Waals surface area contributed by atoms with Gasteiger partial charge in [0.15, 0.2) is 0 Å². The molecule has 0 spiro atoms. The first-order valence-corrected chi connectivity index (χ1v) is 12.3. The van der Waals surface area contributed by atoms with Gasteiger partial charge in [-0.25, -0.2) is 13.1 Å². The predicted octanol–water partition coefficient (Wildman–Crippen LogP) is 4.06. The van der Waals surface area contributed by atoms with Crippen molar-refractivity contribution >= 4 is 51.0 Å². The van der Waals surface area contributed by atoms with Gasteiger partial charge in [0.1, 0.15) is 11.6 Å². The van der Waals surface area contributed by atoms with Crippen LogP contribution in [0.2, 0.25) is 5.02 Å². The molecule has 0 radical (unpaired) electrons. The number of hydrogen-bond acceptors (Lipinski definition) is 7. The van der Waals surface area contributed by atoms with E-state index in [2.05, 4.69) is 10.0 Å². The molecule has 0 bridgehead atoms. The normalized spacial score (nSPS) is 12.1. The number of nitro groups is 1. The maximum Gasteiger partial charge on any atom is 0.322 e. The maximum atomic E-state index is 12.9. The summed E-state index contributed by atoms with van der Waals surface area (Å²) in [7, 11) is -3.97. The summed E-state index contributed by atoms with van der Waals surface area (Å²) in [6, 6.07) is 20.4. The standard InChI is InChI=1S/C24H20ClN3O7S/c25-20-12-11-19(15-21(20)28(31)32)27-24(30)23(18-9-5-2-6-10-18)35-22(29)16-26-36(33,34)14-13-17-7-3-1-4-8-17/h1-15,23,26H,16H2,(H,27,30)/b14-13+/t23-/m0/s1. The SMILES string of the molecule is O=C(CNS(=O)(=O)/C=C/c1ccccc1)O[C@H](C(=O)Nc1ccc(Cl)c([N+](=O)[O-])c1)c1ccccc1. The van der Waals surface area contributed by atoms with Crippen molar-refractivity contribution in [3.8, 4) is 0 Å². The molecule has 2 N–H and O–H groups in total. The molecule has 186 valence electrons. The van der Waals surface area contributed by atoms with E-state index in [1.54, 1.807) is 48.5 Å². The highest BCUT2D eigenvalue weighted by molar-refractivity contribution is 7.92. The average molecular weight is 530 g/mol. The number of rotatable bonds is 10. The van der Waals surface area contributed by atoms with Crippen LogP contribution in [-0.2, 0) is 24.3 Å². The number of nitrogens with zero attached hydrogens (tertiary/aromatic N) is 1. The number of carbonyl (C=O) groups excluding carboxylic acids is 2. The number of sulfonamides is 1. The third kappa shape index (κ3) is 7.73. The predicted molar refractivity (Wildman–Crippen MR) is 134 cm³/mol. The van der Waals surface area contributed by atoms with Crippen LogP contribution in [0.15, 0.2) is 84.3 Å². The van der Waals surface area contributed by atoms with Crippen molar-refractivity contribution in [2.75, 3.05) is 11.9 Å². The third-order valence-corrected chi connectivity index (χ3v) is 6.02. The number of carbonyl (C=O) groups is 2. The number of anilines is 1. The Bertz CT molecular complexity index is 1380. The van der Waals surface area contributed by atoms with Crippen molar-refractivity contribution in [2.24, 2.45) is 0 Å². The molecule has 36 heavy (non-hydrogen) atoms. The molecule has 0 aliphatic rings.